The molecule has 2 aromatic carbocycles. The van der Waals surface area contributed by atoms with Gasteiger partial charge >= 0.3 is 6.03 Å². The van der Waals surface area contributed by atoms with Gasteiger partial charge in [0.05, 0.1) is 0 Å². The number of nitrogens with one attached hydrogen (secondary N) is 2. The summed E-state index contributed by atoms with van der Waals surface area (Å²) >= 11 is 0. The number of nitrogens with zero attached hydrogens (tertiary/aromatic N) is 2. The van der Waals surface area contributed by atoms with E-state index in [-0.39, 0.29) is 27.1 Å². The first-order valence-corrected chi connectivity index (χ1v) is 6.47. The van der Waals surface area contributed by atoms with Crippen LogP contribution in [0.4, 0.5) is 16.3 Å². The van der Waals surface area contributed by atoms with E-state index in [1.54, 1.807) is 10.7 Å². The normalized spacial score (nSPS) is 9.64. The summed E-state index contributed by atoms with van der Waals surface area (Å²) in [5.74, 6) is 0.551. The second kappa shape index (κ2) is 7.57. The van der Waals surface area contributed by atoms with Gasteiger partial charge in [-0.25, -0.2) is 4.79 Å². The Morgan fingerprint density at radius 2 is 1.59 bits per heavy atom. The molecule has 0 aliphatic rings. The number of anilines is 2. The van der Waals surface area contributed by atoms with E-state index in [2.05, 4.69) is 21.9 Å². The summed E-state index contributed by atoms with van der Waals surface area (Å²) in [5, 5.41) is 9.61. The maximum absolute atomic E-state index is 12.0. The smallest absolute Gasteiger partial charge is 0.308 e. The van der Waals surface area contributed by atoms with Gasteiger partial charge < -0.3 is 15.3 Å². The van der Waals surface area contributed by atoms with Gasteiger partial charge in [-0.2, -0.15) is 6.07 Å². The molecular formula is C16H13MoN4O-. The van der Waals surface area contributed by atoms with Crippen LogP contribution in [0.1, 0.15) is 0 Å². The van der Waals surface area contributed by atoms with E-state index in [1.807, 2.05) is 60.7 Å². The van der Waals surface area contributed by atoms with E-state index < -0.39 is 0 Å². The first kappa shape index (κ1) is 16.0. The predicted molar refractivity (Wildman–Crippen MR) is 81.5 cm³/mol. The van der Waals surface area contributed by atoms with Gasteiger partial charge in [0.2, 0.25) is 0 Å². The van der Waals surface area contributed by atoms with E-state index in [1.165, 1.54) is 0 Å². The molecule has 0 unspecified atom stereocenters. The first-order chi connectivity index (χ1) is 10.3. The molecule has 0 spiro atoms. The SMILES string of the molecule is O=C(Nc1ccccc1)Nc1c[c-]nn1-c1ccccc1.[Mo]. The van der Waals surface area contributed by atoms with Crippen molar-refractivity contribution in [2.45, 2.75) is 0 Å². The largest absolute Gasteiger partial charge is 0.370 e. The van der Waals surface area contributed by atoms with Gasteiger partial charge in [0, 0.05) is 32.4 Å². The topological polar surface area (TPSA) is 59.0 Å². The fraction of sp³-hybridized carbons (Fsp3) is 0. The quantitative estimate of drug-likeness (QED) is 0.547. The number of carbonyl (C=O) groups excluding carboxylic acids is 1. The number of aromatic nitrogens is 2. The number of para-hydroxylation sites is 2. The van der Waals surface area contributed by atoms with Crippen molar-refractivity contribution in [2.24, 2.45) is 0 Å². The summed E-state index contributed by atoms with van der Waals surface area (Å²) in [6.45, 7) is 0. The Balaban J connectivity index is 0.00000176. The summed E-state index contributed by atoms with van der Waals surface area (Å²) in [7, 11) is 0. The molecule has 3 rings (SSSR count). The van der Waals surface area contributed by atoms with Crippen LogP contribution in [-0.4, -0.2) is 15.8 Å². The van der Waals surface area contributed by atoms with Crippen LogP contribution in [0.5, 0.6) is 0 Å². The summed E-state index contributed by atoms with van der Waals surface area (Å²) in [6, 6.07) is 20.1. The number of rotatable bonds is 3. The summed E-state index contributed by atoms with van der Waals surface area (Å²) in [5.41, 5.74) is 1.58. The molecule has 110 valence electrons. The van der Waals surface area contributed by atoms with Gasteiger partial charge in [-0.3, -0.25) is 5.10 Å². The minimum absolute atomic E-state index is 0. The Morgan fingerprint density at radius 1 is 0.955 bits per heavy atom. The third-order valence-electron chi connectivity index (χ3n) is 2.86. The molecule has 0 atom stereocenters. The Kier molecular flexibility index (Phi) is 5.50. The van der Waals surface area contributed by atoms with Crippen molar-refractivity contribution in [3.8, 4) is 5.69 Å². The molecule has 0 saturated carbocycles. The monoisotopic (exact) mass is 375 g/mol. The van der Waals surface area contributed by atoms with Crippen molar-refractivity contribution in [3.63, 3.8) is 0 Å². The van der Waals surface area contributed by atoms with Crippen molar-refractivity contribution in [1.82, 2.24) is 9.78 Å². The molecule has 0 aliphatic heterocycles. The van der Waals surface area contributed by atoms with Crippen molar-refractivity contribution < 1.29 is 25.9 Å². The van der Waals surface area contributed by atoms with E-state index in [0.717, 1.165) is 11.4 Å². The van der Waals surface area contributed by atoms with Crippen LogP contribution in [-0.2, 0) is 21.1 Å². The van der Waals surface area contributed by atoms with E-state index in [4.69, 9.17) is 0 Å². The molecule has 1 heterocycles. The van der Waals surface area contributed by atoms with Gasteiger partial charge in [-0.05, 0) is 30.1 Å². The molecule has 0 saturated heterocycles. The molecule has 22 heavy (non-hydrogen) atoms. The zero-order valence-electron chi connectivity index (χ0n) is 11.6. The minimum atomic E-state index is -0.327. The second-order valence-electron chi connectivity index (χ2n) is 4.35. The van der Waals surface area contributed by atoms with Gasteiger partial charge in [-0.15, -0.1) is 6.20 Å². The van der Waals surface area contributed by atoms with Crippen molar-refractivity contribution in [1.29, 1.82) is 0 Å². The molecule has 5 nitrogen and oxygen atoms in total. The fourth-order valence-corrected chi connectivity index (χ4v) is 1.92. The van der Waals surface area contributed by atoms with Crippen LogP contribution in [0, 0.1) is 6.20 Å². The molecule has 0 fully saturated rings. The average Bonchev–Trinajstić information content (AvgIpc) is 2.97. The molecule has 1 aromatic heterocycles. The predicted octanol–water partition coefficient (Wildman–Crippen LogP) is 3.31. The molecule has 2 N–H and O–H groups in total. The standard InChI is InChI=1S/C16H13N4O.Mo/c21-16(18-13-7-3-1-4-8-13)19-15-11-12-17-20(15)14-9-5-2-6-10-14;/h1-11H,(H2,18,19,21);/q-1;. The number of hydrogen-bond acceptors (Lipinski definition) is 2. The zero-order chi connectivity index (χ0) is 14.5. The van der Waals surface area contributed by atoms with Crippen LogP contribution < -0.4 is 10.6 Å². The van der Waals surface area contributed by atoms with E-state index in [9.17, 15) is 4.79 Å². The zero-order valence-corrected chi connectivity index (χ0v) is 13.6. The molecule has 0 radical (unpaired) electrons. The van der Waals surface area contributed by atoms with Crippen LogP contribution in [0.2, 0.25) is 0 Å². The minimum Gasteiger partial charge on any atom is -0.370 e. The Morgan fingerprint density at radius 3 is 2.27 bits per heavy atom. The third kappa shape index (κ3) is 3.83. The average molecular weight is 373 g/mol. The Bertz CT molecular complexity index is 728. The van der Waals surface area contributed by atoms with Crippen LogP contribution >= 0.6 is 0 Å². The van der Waals surface area contributed by atoms with Crippen molar-refractivity contribution in [2.75, 3.05) is 10.6 Å². The molecular weight excluding hydrogens is 360 g/mol. The van der Waals surface area contributed by atoms with Gasteiger partial charge in [-0.1, -0.05) is 36.4 Å². The molecule has 0 aliphatic carbocycles. The summed E-state index contributed by atoms with van der Waals surface area (Å²) in [4.78, 5) is 12.0. The number of hydrogen-bond donors (Lipinski definition) is 2. The Labute approximate surface area is 142 Å². The third-order valence-corrected chi connectivity index (χ3v) is 2.86. The molecule has 2 amide bonds. The van der Waals surface area contributed by atoms with Crippen LogP contribution in [0.15, 0.2) is 66.7 Å². The van der Waals surface area contributed by atoms with Crippen molar-refractivity contribution >= 4 is 17.5 Å². The van der Waals surface area contributed by atoms with Gasteiger partial charge in [0.1, 0.15) is 0 Å². The van der Waals surface area contributed by atoms with Crippen LogP contribution in [0.3, 0.4) is 0 Å². The maximum Gasteiger partial charge on any atom is 0.308 e. The summed E-state index contributed by atoms with van der Waals surface area (Å²) < 4.78 is 1.62. The maximum atomic E-state index is 12.0. The fourth-order valence-electron chi connectivity index (χ4n) is 1.92. The van der Waals surface area contributed by atoms with E-state index in [0.29, 0.717) is 5.82 Å². The molecule has 3 aromatic rings. The van der Waals surface area contributed by atoms with Gasteiger partial charge in [0.15, 0.2) is 0 Å². The van der Waals surface area contributed by atoms with Crippen molar-refractivity contribution in [3.05, 3.63) is 72.9 Å². The summed E-state index contributed by atoms with van der Waals surface area (Å²) in [6.07, 6.45) is 2.74. The number of carbonyl (C=O) groups is 1. The van der Waals surface area contributed by atoms with E-state index >= 15 is 0 Å². The first-order valence-electron chi connectivity index (χ1n) is 6.47. The molecule has 0 bridgehead atoms. The van der Waals surface area contributed by atoms with Gasteiger partial charge in [0.25, 0.3) is 0 Å². The van der Waals surface area contributed by atoms with Crippen LogP contribution in [0.25, 0.3) is 5.69 Å². The Hall–Kier alpha value is -2.39. The number of urea groups is 1. The second-order valence-corrected chi connectivity index (χ2v) is 4.35. The molecule has 6 heteroatoms. The number of amides is 2. The number of benzene rings is 2.